The van der Waals surface area contributed by atoms with Gasteiger partial charge in [0.2, 0.25) is 0 Å². The maximum absolute atomic E-state index is 10.9. The molecule has 1 atom stereocenters. The summed E-state index contributed by atoms with van der Waals surface area (Å²) in [5.41, 5.74) is 0. The molecule has 1 aromatic rings. The highest BCUT2D eigenvalue weighted by Gasteiger charge is 2.08. The van der Waals surface area contributed by atoms with Crippen LogP contribution in [0.25, 0.3) is 6.08 Å². The van der Waals surface area contributed by atoms with E-state index in [0.717, 1.165) is 0 Å². The average molecular weight is 212 g/mol. The lowest BCUT2D eigenvalue weighted by Crippen LogP contribution is -1.98. The molecular weight excluding hydrogens is 200 g/mol. The Hall–Kier alpha value is -1.69. The topological polar surface area (TPSA) is 85.5 Å². The molecule has 82 valence electrons. The molecule has 0 aliphatic carbocycles. The van der Waals surface area contributed by atoms with Gasteiger partial charge in [0.15, 0.2) is 5.82 Å². The molecule has 0 bridgehead atoms. The fourth-order valence-corrected chi connectivity index (χ4v) is 0.814. The molecule has 0 aliphatic heterocycles. The molecule has 6 nitrogen and oxygen atoms in total. The van der Waals surface area contributed by atoms with E-state index in [1.165, 1.54) is 19.1 Å². The summed E-state index contributed by atoms with van der Waals surface area (Å²) in [5.74, 6) is -0.147. The van der Waals surface area contributed by atoms with Crippen molar-refractivity contribution < 1.29 is 19.2 Å². The van der Waals surface area contributed by atoms with Crippen molar-refractivity contribution in [1.29, 1.82) is 0 Å². The highest BCUT2D eigenvalue weighted by Crippen LogP contribution is 2.07. The Labute approximate surface area is 86.6 Å². The molecule has 6 heteroatoms. The Morgan fingerprint density at radius 3 is 3.00 bits per heavy atom. The Morgan fingerprint density at radius 2 is 2.47 bits per heavy atom. The lowest BCUT2D eigenvalue weighted by atomic mass is 10.4. The van der Waals surface area contributed by atoms with Crippen molar-refractivity contribution in [1.82, 2.24) is 10.1 Å². The summed E-state index contributed by atoms with van der Waals surface area (Å²) in [6.45, 7) is 3.54. The molecule has 1 N–H and O–H groups in total. The highest BCUT2D eigenvalue weighted by molar-refractivity contribution is 5.86. The second kappa shape index (κ2) is 5.26. The van der Waals surface area contributed by atoms with Gasteiger partial charge in [-0.2, -0.15) is 4.98 Å². The van der Waals surface area contributed by atoms with Crippen molar-refractivity contribution in [2.45, 2.75) is 20.0 Å². The standard InChI is InChI=1S/C9H12N2O4/c1-3-14-8(13)5-4-7-10-9(6(2)12)11-15-7/h4-6,12H,3H2,1-2H3/b5-4+/t6-/m1/s1. The number of hydrogen-bond donors (Lipinski definition) is 1. The van der Waals surface area contributed by atoms with E-state index in [2.05, 4.69) is 14.9 Å². The Morgan fingerprint density at radius 1 is 1.73 bits per heavy atom. The van der Waals surface area contributed by atoms with Gasteiger partial charge in [0.25, 0.3) is 5.89 Å². The Balaban J connectivity index is 2.60. The lowest BCUT2D eigenvalue weighted by molar-refractivity contribution is -0.137. The van der Waals surface area contributed by atoms with Gasteiger partial charge >= 0.3 is 5.97 Å². The van der Waals surface area contributed by atoms with Gasteiger partial charge in [-0.3, -0.25) is 0 Å². The van der Waals surface area contributed by atoms with Crippen LogP contribution in [0, 0.1) is 0 Å². The molecule has 1 rings (SSSR count). The summed E-state index contributed by atoms with van der Waals surface area (Å²) in [7, 11) is 0. The van der Waals surface area contributed by atoms with Gasteiger partial charge in [0.05, 0.1) is 6.61 Å². The number of aliphatic hydroxyl groups excluding tert-OH is 1. The van der Waals surface area contributed by atoms with Crippen LogP contribution in [0.3, 0.4) is 0 Å². The first-order chi connectivity index (χ1) is 7.13. The van der Waals surface area contributed by atoms with Gasteiger partial charge in [0.1, 0.15) is 6.10 Å². The first kappa shape index (κ1) is 11.4. The molecule has 0 fully saturated rings. The Bertz CT molecular complexity index is 357. The van der Waals surface area contributed by atoms with Crippen molar-refractivity contribution in [2.75, 3.05) is 6.61 Å². The smallest absolute Gasteiger partial charge is 0.330 e. The number of aliphatic hydroxyl groups is 1. The zero-order valence-electron chi connectivity index (χ0n) is 8.51. The average Bonchev–Trinajstić information content (AvgIpc) is 2.63. The number of esters is 1. The van der Waals surface area contributed by atoms with Crippen LogP contribution < -0.4 is 0 Å². The molecule has 0 radical (unpaired) electrons. The van der Waals surface area contributed by atoms with Crippen molar-refractivity contribution in [3.05, 3.63) is 17.8 Å². The number of aromatic nitrogens is 2. The van der Waals surface area contributed by atoms with Crippen LogP contribution in [-0.2, 0) is 9.53 Å². The van der Waals surface area contributed by atoms with Crippen LogP contribution in [-0.4, -0.2) is 27.8 Å². The summed E-state index contributed by atoms with van der Waals surface area (Å²) in [5, 5.41) is 12.6. The summed E-state index contributed by atoms with van der Waals surface area (Å²) in [4.78, 5) is 14.7. The van der Waals surface area contributed by atoms with Gasteiger partial charge in [-0.1, -0.05) is 5.16 Å². The van der Waals surface area contributed by atoms with Crippen LogP contribution in [0.15, 0.2) is 10.6 Å². The number of hydrogen-bond acceptors (Lipinski definition) is 6. The van der Waals surface area contributed by atoms with Gasteiger partial charge in [0, 0.05) is 12.2 Å². The predicted octanol–water partition coefficient (Wildman–Crippen LogP) is 0.699. The molecule has 0 unspecified atom stereocenters. The fourth-order valence-electron chi connectivity index (χ4n) is 0.814. The lowest BCUT2D eigenvalue weighted by Gasteiger charge is -1.92. The van der Waals surface area contributed by atoms with Gasteiger partial charge in [-0.15, -0.1) is 0 Å². The number of rotatable bonds is 4. The van der Waals surface area contributed by atoms with Gasteiger partial charge in [-0.05, 0) is 13.8 Å². The molecule has 1 aromatic heterocycles. The van der Waals surface area contributed by atoms with E-state index >= 15 is 0 Å². The van der Waals surface area contributed by atoms with E-state index in [1.54, 1.807) is 6.92 Å². The first-order valence-corrected chi connectivity index (χ1v) is 4.50. The quantitative estimate of drug-likeness (QED) is 0.584. The molecule has 1 heterocycles. The summed E-state index contributed by atoms with van der Waals surface area (Å²) >= 11 is 0. The third kappa shape index (κ3) is 3.51. The number of carbonyl (C=O) groups is 1. The van der Waals surface area contributed by atoms with Crippen LogP contribution in [0.1, 0.15) is 31.7 Å². The van der Waals surface area contributed by atoms with Crippen molar-refractivity contribution >= 4 is 12.0 Å². The van der Waals surface area contributed by atoms with E-state index in [0.29, 0.717) is 6.61 Å². The zero-order chi connectivity index (χ0) is 11.3. The van der Waals surface area contributed by atoms with E-state index in [1.807, 2.05) is 0 Å². The molecule has 0 aliphatic rings. The van der Waals surface area contributed by atoms with Crippen LogP contribution in [0.4, 0.5) is 0 Å². The van der Waals surface area contributed by atoms with Crippen LogP contribution >= 0.6 is 0 Å². The van der Waals surface area contributed by atoms with E-state index in [4.69, 9.17) is 9.63 Å². The minimum atomic E-state index is -0.793. The summed E-state index contributed by atoms with van der Waals surface area (Å²) < 4.78 is 9.39. The van der Waals surface area contributed by atoms with Crippen molar-refractivity contribution in [3.63, 3.8) is 0 Å². The van der Waals surface area contributed by atoms with Gasteiger partial charge < -0.3 is 14.4 Å². The van der Waals surface area contributed by atoms with Crippen LogP contribution in [0.5, 0.6) is 0 Å². The molecular formula is C9H12N2O4. The minimum absolute atomic E-state index is 0.152. The van der Waals surface area contributed by atoms with Gasteiger partial charge in [-0.25, -0.2) is 4.79 Å². The number of carbonyl (C=O) groups excluding carboxylic acids is 1. The third-order valence-corrected chi connectivity index (χ3v) is 1.48. The first-order valence-electron chi connectivity index (χ1n) is 4.50. The third-order valence-electron chi connectivity index (χ3n) is 1.48. The predicted molar refractivity (Wildman–Crippen MR) is 50.6 cm³/mol. The summed E-state index contributed by atoms with van der Waals surface area (Å²) in [6.07, 6.45) is 1.72. The van der Waals surface area contributed by atoms with E-state index < -0.39 is 12.1 Å². The SMILES string of the molecule is CCOC(=O)/C=C/c1nc([C@@H](C)O)no1. The molecule has 0 amide bonds. The summed E-state index contributed by atoms with van der Waals surface area (Å²) in [6, 6.07) is 0. The maximum Gasteiger partial charge on any atom is 0.330 e. The number of ether oxygens (including phenoxy) is 1. The molecule has 0 saturated heterocycles. The highest BCUT2D eigenvalue weighted by atomic mass is 16.5. The van der Waals surface area contributed by atoms with Crippen molar-refractivity contribution in [3.8, 4) is 0 Å². The molecule has 0 saturated carbocycles. The maximum atomic E-state index is 10.9. The number of nitrogens with zero attached hydrogens (tertiary/aromatic N) is 2. The minimum Gasteiger partial charge on any atom is -0.463 e. The van der Waals surface area contributed by atoms with Crippen molar-refractivity contribution in [2.24, 2.45) is 0 Å². The van der Waals surface area contributed by atoms with Crippen LogP contribution in [0.2, 0.25) is 0 Å². The largest absolute Gasteiger partial charge is 0.463 e. The monoisotopic (exact) mass is 212 g/mol. The molecule has 15 heavy (non-hydrogen) atoms. The van der Waals surface area contributed by atoms with E-state index in [-0.39, 0.29) is 11.7 Å². The zero-order valence-corrected chi connectivity index (χ0v) is 8.51. The normalized spacial score (nSPS) is 13.0. The van der Waals surface area contributed by atoms with E-state index in [9.17, 15) is 4.79 Å². The molecule has 0 spiro atoms. The fraction of sp³-hybridized carbons (Fsp3) is 0.444. The Kier molecular flexibility index (Phi) is 3.99. The molecule has 0 aromatic carbocycles. The second-order valence-electron chi connectivity index (χ2n) is 2.75. The second-order valence-corrected chi connectivity index (χ2v) is 2.75.